The molecule has 0 amide bonds. The summed E-state index contributed by atoms with van der Waals surface area (Å²) in [6, 6.07) is 12.9. The summed E-state index contributed by atoms with van der Waals surface area (Å²) in [5.41, 5.74) is 2.12. The molecule has 0 spiro atoms. The summed E-state index contributed by atoms with van der Waals surface area (Å²) >= 11 is 0. The fraction of sp³-hybridized carbons (Fsp3) is 0.250. The number of hydrogen-bond acceptors (Lipinski definition) is 3. The van der Waals surface area contributed by atoms with Crippen LogP contribution in [0, 0.1) is 6.92 Å². The molecule has 4 heteroatoms. The minimum Gasteiger partial charge on any atom is -0.465 e. The third-order valence-electron chi connectivity index (χ3n) is 3.33. The molecule has 0 saturated heterocycles. The van der Waals surface area contributed by atoms with Gasteiger partial charge < -0.3 is 9.30 Å². The van der Waals surface area contributed by atoms with Crippen molar-refractivity contribution in [3.8, 4) is 0 Å². The van der Waals surface area contributed by atoms with E-state index in [1.807, 2.05) is 30.3 Å². The van der Waals surface area contributed by atoms with Crippen LogP contribution in [0.25, 0.3) is 0 Å². The Bertz CT molecular complexity index is 659. The van der Waals surface area contributed by atoms with Gasteiger partial charge in [-0.3, -0.25) is 4.79 Å². The number of methoxy groups -OCH3 is 1. The summed E-state index contributed by atoms with van der Waals surface area (Å²) in [7, 11) is 1.33. The molecule has 0 bridgehead atoms. The van der Waals surface area contributed by atoms with Gasteiger partial charge in [0.2, 0.25) is 0 Å². The lowest BCUT2D eigenvalue weighted by Crippen LogP contribution is -2.25. The molecule has 0 fully saturated rings. The minimum atomic E-state index is -0.420. The van der Waals surface area contributed by atoms with Crippen LogP contribution in [0.3, 0.4) is 0 Å². The highest BCUT2D eigenvalue weighted by Crippen LogP contribution is 2.08. The van der Waals surface area contributed by atoms with Crippen LogP contribution in [-0.2, 0) is 17.7 Å². The quantitative estimate of drug-likeness (QED) is 0.801. The Morgan fingerprint density at radius 2 is 1.85 bits per heavy atom. The largest absolute Gasteiger partial charge is 0.465 e. The molecule has 0 atom stereocenters. The predicted molar refractivity (Wildman–Crippen MR) is 76.9 cm³/mol. The smallest absolute Gasteiger partial charge is 0.339 e. The lowest BCUT2D eigenvalue weighted by atomic mass is 10.1. The van der Waals surface area contributed by atoms with E-state index in [1.54, 1.807) is 11.5 Å². The first kappa shape index (κ1) is 14.1. The van der Waals surface area contributed by atoms with E-state index in [4.69, 9.17) is 4.74 Å². The zero-order chi connectivity index (χ0) is 14.5. The van der Waals surface area contributed by atoms with Gasteiger partial charge in [-0.05, 0) is 25.0 Å². The summed E-state index contributed by atoms with van der Waals surface area (Å²) in [5.74, 6) is -0.420. The molecule has 1 aromatic carbocycles. The van der Waals surface area contributed by atoms with Gasteiger partial charge >= 0.3 is 5.97 Å². The summed E-state index contributed by atoms with van der Waals surface area (Å²) in [6.07, 6.45) is 0.742. The standard InChI is InChI=1S/C16H17NO3/c1-12-14(16(19)20-2)8-9-15(18)17(12)11-10-13-6-4-3-5-7-13/h3-9H,10-11H2,1-2H3. The average Bonchev–Trinajstić information content (AvgIpc) is 2.47. The number of ether oxygens (including phenoxy) is 1. The molecule has 0 unspecified atom stereocenters. The van der Waals surface area contributed by atoms with E-state index in [0.29, 0.717) is 17.8 Å². The summed E-state index contributed by atoms with van der Waals surface area (Å²) in [6.45, 7) is 2.30. The third-order valence-corrected chi connectivity index (χ3v) is 3.33. The Kier molecular flexibility index (Phi) is 4.35. The second-order valence-electron chi connectivity index (χ2n) is 4.55. The van der Waals surface area contributed by atoms with Crippen molar-refractivity contribution in [1.82, 2.24) is 4.57 Å². The van der Waals surface area contributed by atoms with Gasteiger partial charge in [-0.15, -0.1) is 0 Å². The number of rotatable bonds is 4. The number of pyridine rings is 1. The van der Waals surface area contributed by atoms with Crippen molar-refractivity contribution in [2.45, 2.75) is 19.9 Å². The molecule has 0 aliphatic carbocycles. The molecule has 0 aliphatic heterocycles. The maximum atomic E-state index is 11.9. The van der Waals surface area contributed by atoms with Crippen molar-refractivity contribution >= 4 is 5.97 Å². The van der Waals surface area contributed by atoms with Crippen LogP contribution < -0.4 is 5.56 Å². The summed E-state index contributed by atoms with van der Waals surface area (Å²) < 4.78 is 6.33. The van der Waals surface area contributed by atoms with Crippen molar-refractivity contribution in [1.29, 1.82) is 0 Å². The van der Waals surface area contributed by atoms with Gasteiger partial charge in [0, 0.05) is 18.3 Å². The lowest BCUT2D eigenvalue weighted by Gasteiger charge is -2.12. The van der Waals surface area contributed by atoms with Gasteiger partial charge in [0.1, 0.15) is 0 Å². The molecule has 2 aromatic rings. The van der Waals surface area contributed by atoms with Crippen molar-refractivity contribution in [3.05, 3.63) is 69.6 Å². The van der Waals surface area contributed by atoms with Crippen molar-refractivity contribution in [2.24, 2.45) is 0 Å². The molecule has 104 valence electrons. The van der Waals surface area contributed by atoms with Gasteiger partial charge in [0.15, 0.2) is 0 Å². The number of nitrogens with zero attached hydrogens (tertiary/aromatic N) is 1. The van der Waals surface area contributed by atoms with Gasteiger partial charge in [-0.2, -0.15) is 0 Å². The average molecular weight is 271 g/mol. The van der Waals surface area contributed by atoms with E-state index in [2.05, 4.69) is 0 Å². The maximum Gasteiger partial charge on any atom is 0.339 e. The van der Waals surface area contributed by atoms with Crippen LogP contribution in [0.1, 0.15) is 21.6 Å². The molecule has 0 saturated carbocycles. The Morgan fingerprint density at radius 3 is 2.50 bits per heavy atom. The first-order chi connectivity index (χ1) is 9.63. The van der Waals surface area contributed by atoms with E-state index >= 15 is 0 Å². The van der Waals surface area contributed by atoms with E-state index in [9.17, 15) is 9.59 Å². The van der Waals surface area contributed by atoms with Crippen molar-refractivity contribution in [2.75, 3.05) is 7.11 Å². The molecule has 0 radical (unpaired) electrons. The highest BCUT2D eigenvalue weighted by Gasteiger charge is 2.13. The molecule has 4 nitrogen and oxygen atoms in total. The monoisotopic (exact) mass is 271 g/mol. The highest BCUT2D eigenvalue weighted by atomic mass is 16.5. The van der Waals surface area contributed by atoms with E-state index in [-0.39, 0.29) is 5.56 Å². The third kappa shape index (κ3) is 2.96. The SMILES string of the molecule is COC(=O)c1ccc(=O)n(CCc2ccccc2)c1C. The number of hydrogen-bond donors (Lipinski definition) is 0. The van der Waals surface area contributed by atoms with Crippen LogP contribution >= 0.6 is 0 Å². The molecular weight excluding hydrogens is 254 g/mol. The second kappa shape index (κ2) is 6.19. The lowest BCUT2D eigenvalue weighted by molar-refractivity contribution is 0.0598. The predicted octanol–water partition coefficient (Wildman–Crippen LogP) is 2.19. The van der Waals surface area contributed by atoms with Gasteiger partial charge in [-0.25, -0.2) is 4.79 Å². The normalized spacial score (nSPS) is 10.3. The van der Waals surface area contributed by atoms with Crippen LogP contribution in [0.15, 0.2) is 47.3 Å². The van der Waals surface area contributed by atoms with Crippen molar-refractivity contribution in [3.63, 3.8) is 0 Å². The zero-order valence-electron chi connectivity index (χ0n) is 11.6. The molecule has 0 aliphatic rings. The number of benzene rings is 1. The topological polar surface area (TPSA) is 48.3 Å². The first-order valence-corrected chi connectivity index (χ1v) is 6.46. The van der Waals surface area contributed by atoms with Crippen LogP contribution in [0.4, 0.5) is 0 Å². The van der Waals surface area contributed by atoms with Gasteiger partial charge in [-0.1, -0.05) is 30.3 Å². The van der Waals surface area contributed by atoms with Gasteiger partial charge in [0.05, 0.1) is 12.7 Å². The maximum absolute atomic E-state index is 11.9. The molecular formula is C16H17NO3. The number of carbonyl (C=O) groups excluding carboxylic acids is 1. The van der Waals surface area contributed by atoms with E-state index < -0.39 is 5.97 Å². The zero-order valence-corrected chi connectivity index (χ0v) is 11.6. The van der Waals surface area contributed by atoms with Crippen LogP contribution in [0.5, 0.6) is 0 Å². The Hall–Kier alpha value is -2.36. The van der Waals surface area contributed by atoms with Crippen LogP contribution in [0.2, 0.25) is 0 Å². The number of carbonyl (C=O) groups is 1. The highest BCUT2D eigenvalue weighted by molar-refractivity contribution is 5.90. The molecule has 0 N–H and O–H groups in total. The number of aromatic nitrogens is 1. The van der Waals surface area contributed by atoms with E-state index in [0.717, 1.165) is 12.0 Å². The summed E-state index contributed by atoms with van der Waals surface area (Å²) in [5, 5.41) is 0. The Labute approximate surface area is 117 Å². The minimum absolute atomic E-state index is 0.105. The van der Waals surface area contributed by atoms with Crippen LogP contribution in [-0.4, -0.2) is 17.6 Å². The molecule has 20 heavy (non-hydrogen) atoms. The molecule has 1 aromatic heterocycles. The Morgan fingerprint density at radius 1 is 1.15 bits per heavy atom. The first-order valence-electron chi connectivity index (χ1n) is 6.46. The fourth-order valence-corrected chi connectivity index (χ4v) is 2.17. The fourth-order valence-electron chi connectivity index (χ4n) is 2.17. The van der Waals surface area contributed by atoms with E-state index in [1.165, 1.54) is 19.2 Å². The number of esters is 1. The molecule has 1 heterocycles. The number of aryl methyl sites for hydroxylation is 1. The van der Waals surface area contributed by atoms with Gasteiger partial charge in [0.25, 0.3) is 5.56 Å². The van der Waals surface area contributed by atoms with Crippen molar-refractivity contribution < 1.29 is 9.53 Å². The Balaban J connectivity index is 2.27. The second-order valence-corrected chi connectivity index (χ2v) is 4.55. The summed E-state index contributed by atoms with van der Waals surface area (Å²) in [4.78, 5) is 23.6. The molecule has 2 rings (SSSR count).